The first-order valence-electron chi connectivity index (χ1n) is 4.92. The van der Waals surface area contributed by atoms with E-state index in [9.17, 15) is 20.3 Å². The van der Waals surface area contributed by atoms with Crippen molar-refractivity contribution in [2.24, 2.45) is 0 Å². The summed E-state index contributed by atoms with van der Waals surface area (Å²) >= 11 is 0. The van der Waals surface area contributed by atoms with Crippen molar-refractivity contribution in [2.75, 3.05) is 13.2 Å². The SMILES string of the molecule is O=[N+]([O-])c1ccc(C(O)(O)OCCCO)cc1. The first kappa shape index (κ1) is 13.5. The van der Waals surface area contributed by atoms with Gasteiger partial charge in [-0.25, -0.2) is 0 Å². The Labute approximate surface area is 97.0 Å². The van der Waals surface area contributed by atoms with Gasteiger partial charge in [-0.1, -0.05) is 0 Å². The molecule has 0 aliphatic rings. The van der Waals surface area contributed by atoms with Crippen molar-refractivity contribution in [3.63, 3.8) is 0 Å². The number of hydrogen-bond acceptors (Lipinski definition) is 6. The molecule has 1 aromatic carbocycles. The molecule has 0 unspecified atom stereocenters. The van der Waals surface area contributed by atoms with Gasteiger partial charge in [0.05, 0.1) is 11.5 Å². The van der Waals surface area contributed by atoms with Crippen LogP contribution in [0.3, 0.4) is 0 Å². The van der Waals surface area contributed by atoms with Gasteiger partial charge in [0.2, 0.25) is 0 Å². The standard InChI is InChI=1S/C10H13NO6/c12-6-1-7-17-10(13,14)8-2-4-9(5-3-8)11(15)16/h2-5,12-14H,1,6-7H2. The van der Waals surface area contributed by atoms with Crippen LogP contribution in [0.5, 0.6) is 0 Å². The van der Waals surface area contributed by atoms with E-state index < -0.39 is 10.9 Å². The smallest absolute Gasteiger partial charge is 0.306 e. The van der Waals surface area contributed by atoms with Crippen molar-refractivity contribution in [3.05, 3.63) is 39.9 Å². The molecular weight excluding hydrogens is 230 g/mol. The van der Waals surface area contributed by atoms with Crippen LogP contribution in [0.1, 0.15) is 12.0 Å². The van der Waals surface area contributed by atoms with Gasteiger partial charge in [0.15, 0.2) is 0 Å². The summed E-state index contributed by atoms with van der Waals surface area (Å²) in [6, 6.07) is 4.67. The Bertz CT molecular complexity index is 375. The third kappa shape index (κ3) is 3.75. The number of hydrogen-bond donors (Lipinski definition) is 3. The second-order valence-corrected chi connectivity index (χ2v) is 3.34. The lowest BCUT2D eigenvalue weighted by Gasteiger charge is -2.21. The normalized spacial score (nSPS) is 11.5. The number of nitro benzene ring substituents is 1. The summed E-state index contributed by atoms with van der Waals surface area (Å²) in [5, 5.41) is 38.0. The van der Waals surface area contributed by atoms with Crippen molar-refractivity contribution in [3.8, 4) is 0 Å². The molecule has 3 N–H and O–H groups in total. The fraction of sp³-hybridized carbons (Fsp3) is 0.400. The molecule has 0 aliphatic carbocycles. The zero-order valence-electron chi connectivity index (χ0n) is 8.94. The number of nitrogens with zero attached hydrogens (tertiary/aromatic N) is 1. The number of non-ortho nitro benzene ring substituents is 1. The highest BCUT2D eigenvalue weighted by molar-refractivity contribution is 5.33. The minimum Gasteiger partial charge on any atom is -0.396 e. The predicted octanol–water partition coefficient (Wildman–Crippen LogP) is 0.0887. The largest absolute Gasteiger partial charge is 0.396 e. The van der Waals surface area contributed by atoms with E-state index in [4.69, 9.17) is 9.84 Å². The third-order valence-electron chi connectivity index (χ3n) is 2.06. The van der Waals surface area contributed by atoms with Crippen molar-refractivity contribution >= 4 is 5.69 Å². The van der Waals surface area contributed by atoms with E-state index in [0.29, 0.717) is 0 Å². The topological polar surface area (TPSA) is 113 Å². The highest BCUT2D eigenvalue weighted by Crippen LogP contribution is 2.22. The van der Waals surface area contributed by atoms with Crippen LogP contribution < -0.4 is 0 Å². The van der Waals surface area contributed by atoms with Gasteiger partial charge in [-0.05, 0) is 18.6 Å². The molecule has 1 rings (SSSR count). The molecule has 7 nitrogen and oxygen atoms in total. The quantitative estimate of drug-likeness (QED) is 0.282. The third-order valence-corrected chi connectivity index (χ3v) is 2.06. The molecule has 7 heteroatoms. The van der Waals surface area contributed by atoms with Gasteiger partial charge in [0.1, 0.15) is 0 Å². The maximum absolute atomic E-state index is 10.4. The number of benzene rings is 1. The van der Waals surface area contributed by atoms with Crippen LogP contribution in [0.4, 0.5) is 5.69 Å². The van der Waals surface area contributed by atoms with E-state index in [1.807, 2.05) is 0 Å². The molecule has 0 saturated carbocycles. The lowest BCUT2D eigenvalue weighted by atomic mass is 10.2. The predicted molar refractivity (Wildman–Crippen MR) is 56.9 cm³/mol. The Morgan fingerprint density at radius 3 is 2.35 bits per heavy atom. The first-order valence-corrected chi connectivity index (χ1v) is 4.92. The molecule has 0 atom stereocenters. The molecule has 0 aliphatic heterocycles. The van der Waals surface area contributed by atoms with Crippen molar-refractivity contribution in [1.29, 1.82) is 0 Å². The van der Waals surface area contributed by atoms with Crippen molar-refractivity contribution in [2.45, 2.75) is 12.4 Å². The molecule has 94 valence electrons. The van der Waals surface area contributed by atoms with Crippen LogP contribution in [0.2, 0.25) is 0 Å². The highest BCUT2D eigenvalue weighted by Gasteiger charge is 2.27. The number of nitro groups is 1. The monoisotopic (exact) mass is 243 g/mol. The Morgan fingerprint density at radius 1 is 1.29 bits per heavy atom. The van der Waals surface area contributed by atoms with E-state index in [1.165, 1.54) is 12.1 Å². The number of ether oxygens (including phenoxy) is 1. The summed E-state index contributed by atoms with van der Waals surface area (Å²) in [4.78, 5) is 9.80. The lowest BCUT2D eigenvalue weighted by Crippen LogP contribution is -2.29. The van der Waals surface area contributed by atoms with Crippen LogP contribution in [-0.4, -0.2) is 33.5 Å². The van der Waals surface area contributed by atoms with Crippen molar-refractivity contribution < 1.29 is 25.0 Å². The zero-order valence-corrected chi connectivity index (χ0v) is 8.94. The van der Waals surface area contributed by atoms with Gasteiger partial charge in [-0.15, -0.1) is 0 Å². The number of aliphatic hydroxyl groups excluding tert-OH is 1. The van der Waals surface area contributed by atoms with Crippen LogP contribution in [-0.2, 0) is 10.7 Å². The Balaban J connectivity index is 2.73. The van der Waals surface area contributed by atoms with E-state index in [1.54, 1.807) is 0 Å². The molecule has 0 fully saturated rings. The summed E-state index contributed by atoms with van der Waals surface area (Å²) in [6.45, 7) is -0.170. The van der Waals surface area contributed by atoms with E-state index in [-0.39, 0.29) is 30.9 Å². The second-order valence-electron chi connectivity index (χ2n) is 3.34. The van der Waals surface area contributed by atoms with Crippen molar-refractivity contribution in [1.82, 2.24) is 0 Å². The van der Waals surface area contributed by atoms with E-state index in [0.717, 1.165) is 12.1 Å². The maximum atomic E-state index is 10.4. The molecule has 0 aromatic heterocycles. The summed E-state index contributed by atoms with van der Waals surface area (Å²) in [5.74, 6) is -2.51. The Morgan fingerprint density at radius 2 is 1.88 bits per heavy atom. The molecule has 0 bridgehead atoms. The Kier molecular flexibility index (Phi) is 4.53. The van der Waals surface area contributed by atoms with Crippen LogP contribution in [0.15, 0.2) is 24.3 Å². The molecule has 0 radical (unpaired) electrons. The van der Waals surface area contributed by atoms with Crippen LogP contribution >= 0.6 is 0 Å². The summed E-state index contributed by atoms with van der Waals surface area (Å²) < 4.78 is 4.74. The highest BCUT2D eigenvalue weighted by atomic mass is 16.8. The average molecular weight is 243 g/mol. The maximum Gasteiger partial charge on any atom is 0.306 e. The Hall–Kier alpha value is -1.54. The fourth-order valence-electron chi connectivity index (χ4n) is 1.16. The summed E-state index contributed by atoms with van der Waals surface area (Å²) in [7, 11) is 0. The minimum absolute atomic E-state index is 0.0129. The molecular formula is C10H13NO6. The molecule has 0 saturated heterocycles. The van der Waals surface area contributed by atoms with Gasteiger partial charge in [-0.2, -0.15) is 0 Å². The number of aliphatic hydroxyl groups is 3. The molecule has 1 aromatic rings. The lowest BCUT2D eigenvalue weighted by molar-refractivity contribution is -0.385. The average Bonchev–Trinajstić information content (AvgIpc) is 2.29. The van der Waals surface area contributed by atoms with Gasteiger partial charge < -0.3 is 20.1 Å². The van der Waals surface area contributed by atoms with Gasteiger partial charge in [0.25, 0.3) is 5.69 Å². The molecule has 0 heterocycles. The zero-order chi connectivity index (χ0) is 12.9. The minimum atomic E-state index is -2.51. The van der Waals surface area contributed by atoms with E-state index >= 15 is 0 Å². The first-order chi connectivity index (χ1) is 7.97. The van der Waals surface area contributed by atoms with Gasteiger partial charge >= 0.3 is 5.97 Å². The summed E-state index contributed by atoms with van der Waals surface area (Å²) in [6.07, 6.45) is 0.260. The van der Waals surface area contributed by atoms with Crippen LogP contribution in [0, 0.1) is 10.1 Å². The van der Waals surface area contributed by atoms with Gasteiger partial charge in [-0.3, -0.25) is 10.1 Å². The van der Waals surface area contributed by atoms with Crippen LogP contribution in [0.25, 0.3) is 0 Å². The van der Waals surface area contributed by atoms with E-state index in [2.05, 4.69) is 0 Å². The molecule has 0 spiro atoms. The second kappa shape index (κ2) is 5.69. The summed E-state index contributed by atoms with van der Waals surface area (Å²) in [5.41, 5.74) is -0.166. The molecule has 0 amide bonds. The van der Waals surface area contributed by atoms with Gasteiger partial charge in [0, 0.05) is 24.3 Å². The fourth-order valence-corrected chi connectivity index (χ4v) is 1.16. The molecule has 17 heavy (non-hydrogen) atoms. The number of rotatable bonds is 6.